The number of hydrogen-bond donors (Lipinski definition) is 2. The predicted molar refractivity (Wildman–Crippen MR) is 86.2 cm³/mol. The number of rotatable bonds is 5. The lowest BCUT2D eigenvalue weighted by atomic mass is 10.2. The number of nitrogens with one attached hydrogen (secondary N) is 1. The van der Waals surface area contributed by atoms with Gasteiger partial charge in [0.05, 0.1) is 5.69 Å². The second-order valence-electron chi connectivity index (χ2n) is 4.46. The van der Waals surface area contributed by atoms with Crippen LogP contribution in [0.1, 0.15) is 5.56 Å². The van der Waals surface area contributed by atoms with E-state index in [1.807, 2.05) is 12.1 Å². The van der Waals surface area contributed by atoms with Crippen molar-refractivity contribution in [1.29, 1.82) is 0 Å². The summed E-state index contributed by atoms with van der Waals surface area (Å²) in [6.07, 6.45) is 0.528. The fraction of sp³-hybridized carbons (Fsp3) is 0.143. The van der Waals surface area contributed by atoms with Crippen LogP contribution in [0.3, 0.4) is 0 Å². The number of nitrogens with two attached hydrogens (primary N) is 1. The minimum atomic E-state index is -3.69. The van der Waals surface area contributed by atoms with E-state index < -0.39 is 10.0 Å². The third-order valence-electron chi connectivity index (χ3n) is 2.86. The molecular formula is C14H14Cl2N2O2S. The van der Waals surface area contributed by atoms with Gasteiger partial charge < -0.3 is 5.73 Å². The fourth-order valence-corrected chi connectivity index (χ4v) is 3.48. The van der Waals surface area contributed by atoms with Crippen molar-refractivity contribution in [3.05, 3.63) is 58.1 Å². The molecule has 0 spiro atoms. The molecule has 0 saturated carbocycles. The molecule has 0 atom stereocenters. The van der Waals surface area contributed by atoms with Crippen LogP contribution in [0.5, 0.6) is 0 Å². The molecule has 2 aromatic rings. The van der Waals surface area contributed by atoms with E-state index in [-0.39, 0.29) is 17.1 Å². The van der Waals surface area contributed by atoms with Gasteiger partial charge in [-0.15, -0.1) is 0 Å². The lowest BCUT2D eigenvalue weighted by Gasteiger charge is -2.09. The van der Waals surface area contributed by atoms with E-state index in [4.69, 9.17) is 28.9 Å². The molecule has 3 N–H and O–H groups in total. The Kier molecular flexibility index (Phi) is 5.11. The van der Waals surface area contributed by atoms with Crippen LogP contribution in [-0.4, -0.2) is 15.0 Å². The Morgan fingerprint density at radius 1 is 1.05 bits per heavy atom. The zero-order valence-corrected chi connectivity index (χ0v) is 13.3. The van der Waals surface area contributed by atoms with Crippen LogP contribution in [0.25, 0.3) is 0 Å². The summed E-state index contributed by atoms with van der Waals surface area (Å²) in [5.74, 6) is 0. The average molecular weight is 345 g/mol. The minimum absolute atomic E-state index is 0.0129. The molecule has 112 valence electrons. The maximum atomic E-state index is 12.2. The Balaban J connectivity index is 2.06. The van der Waals surface area contributed by atoms with Gasteiger partial charge in [-0.25, -0.2) is 13.1 Å². The molecule has 0 aliphatic rings. The Bertz CT molecular complexity index is 748. The van der Waals surface area contributed by atoms with Gasteiger partial charge in [0.1, 0.15) is 4.90 Å². The fourth-order valence-electron chi connectivity index (χ4n) is 1.84. The maximum Gasteiger partial charge on any atom is 0.242 e. The van der Waals surface area contributed by atoms with Crippen molar-refractivity contribution >= 4 is 38.9 Å². The van der Waals surface area contributed by atoms with Gasteiger partial charge in [-0.2, -0.15) is 0 Å². The smallest absolute Gasteiger partial charge is 0.242 e. The Morgan fingerprint density at radius 2 is 1.76 bits per heavy atom. The quantitative estimate of drug-likeness (QED) is 0.818. The lowest BCUT2D eigenvalue weighted by Crippen LogP contribution is -2.26. The monoisotopic (exact) mass is 344 g/mol. The number of sulfonamides is 1. The summed E-state index contributed by atoms with van der Waals surface area (Å²) in [6, 6.07) is 11.6. The number of nitrogen functional groups attached to an aromatic ring is 1. The number of halogens is 2. The third-order valence-corrected chi connectivity index (χ3v) is 4.85. The summed E-state index contributed by atoms with van der Waals surface area (Å²) >= 11 is 11.7. The Morgan fingerprint density at radius 3 is 2.48 bits per heavy atom. The summed E-state index contributed by atoms with van der Waals surface area (Å²) in [4.78, 5) is -0.0129. The predicted octanol–water partition coefficient (Wildman–Crippen LogP) is 3.10. The van der Waals surface area contributed by atoms with Crippen LogP contribution >= 0.6 is 23.2 Å². The molecule has 0 saturated heterocycles. The summed E-state index contributed by atoms with van der Waals surface area (Å²) in [7, 11) is -3.69. The van der Waals surface area contributed by atoms with Crippen molar-refractivity contribution in [2.75, 3.05) is 12.3 Å². The molecule has 0 aliphatic carbocycles. The van der Waals surface area contributed by atoms with Crippen molar-refractivity contribution < 1.29 is 8.42 Å². The van der Waals surface area contributed by atoms with Crippen molar-refractivity contribution in [2.45, 2.75) is 11.3 Å². The molecule has 21 heavy (non-hydrogen) atoms. The molecule has 4 nitrogen and oxygen atoms in total. The molecule has 0 aromatic heterocycles. The van der Waals surface area contributed by atoms with Crippen molar-refractivity contribution in [3.8, 4) is 0 Å². The van der Waals surface area contributed by atoms with E-state index in [1.165, 1.54) is 12.1 Å². The molecular weight excluding hydrogens is 331 g/mol. The van der Waals surface area contributed by atoms with Crippen LogP contribution in [0.15, 0.2) is 47.4 Å². The van der Waals surface area contributed by atoms with Crippen LogP contribution in [0.4, 0.5) is 5.69 Å². The molecule has 0 fully saturated rings. The normalized spacial score (nSPS) is 11.5. The van der Waals surface area contributed by atoms with E-state index >= 15 is 0 Å². The summed E-state index contributed by atoms with van der Waals surface area (Å²) in [5, 5.41) is 0.939. The van der Waals surface area contributed by atoms with Gasteiger partial charge in [0.15, 0.2) is 0 Å². The Hall–Kier alpha value is -1.27. The van der Waals surface area contributed by atoms with E-state index in [2.05, 4.69) is 4.72 Å². The van der Waals surface area contributed by atoms with Crippen molar-refractivity contribution in [3.63, 3.8) is 0 Å². The topological polar surface area (TPSA) is 72.2 Å². The first-order valence-electron chi connectivity index (χ1n) is 6.17. The van der Waals surface area contributed by atoms with Crippen LogP contribution < -0.4 is 10.5 Å². The first kappa shape index (κ1) is 16.1. The molecule has 7 heteroatoms. The number of benzene rings is 2. The number of anilines is 1. The molecule has 2 aromatic carbocycles. The lowest BCUT2D eigenvalue weighted by molar-refractivity contribution is 0.582. The van der Waals surface area contributed by atoms with Gasteiger partial charge in [-0.05, 0) is 42.3 Å². The molecule has 0 amide bonds. The molecule has 0 bridgehead atoms. The van der Waals surface area contributed by atoms with Crippen molar-refractivity contribution in [2.24, 2.45) is 0 Å². The first-order valence-corrected chi connectivity index (χ1v) is 8.41. The summed E-state index contributed by atoms with van der Waals surface area (Å²) < 4.78 is 26.9. The van der Waals surface area contributed by atoms with E-state index in [1.54, 1.807) is 18.2 Å². The van der Waals surface area contributed by atoms with E-state index in [0.717, 1.165) is 5.56 Å². The Labute approximate surface area is 133 Å². The largest absolute Gasteiger partial charge is 0.398 e. The van der Waals surface area contributed by atoms with Crippen LogP contribution in [-0.2, 0) is 16.4 Å². The molecule has 0 heterocycles. The maximum absolute atomic E-state index is 12.2. The molecule has 0 unspecified atom stereocenters. The highest BCUT2D eigenvalue weighted by Crippen LogP contribution is 2.22. The van der Waals surface area contributed by atoms with Gasteiger partial charge in [-0.3, -0.25) is 0 Å². The average Bonchev–Trinajstić information content (AvgIpc) is 2.41. The second kappa shape index (κ2) is 6.66. The summed E-state index contributed by atoms with van der Waals surface area (Å²) in [5.41, 5.74) is 6.79. The highest BCUT2D eigenvalue weighted by atomic mass is 35.5. The zero-order chi connectivity index (χ0) is 15.5. The van der Waals surface area contributed by atoms with E-state index in [9.17, 15) is 8.42 Å². The highest BCUT2D eigenvalue weighted by molar-refractivity contribution is 7.89. The third kappa shape index (κ3) is 4.35. The standard InChI is InChI=1S/C14H14Cl2N2O2S/c15-11-3-1-2-10(8-11)6-7-18-21(19,20)14-9-12(16)4-5-13(14)17/h1-5,8-9,18H,6-7,17H2. The van der Waals surface area contributed by atoms with Gasteiger partial charge in [0.2, 0.25) is 10.0 Å². The first-order chi connectivity index (χ1) is 9.88. The second-order valence-corrected chi connectivity index (χ2v) is 7.07. The van der Waals surface area contributed by atoms with Gasteiger partial charge >= 0.3 is 0 Å². The van der Waals surface area contributed by atoms with Gasteiger partial charge in [-0.1, -0.05) is 35.3 Å². The van der Waals surface area contributed by atoms with E-state index in [0.29, 0.717) is 16.5 Å². The van der Waals surface area contributed by atoms with Gasteiger partial charge in [0, 0.05) is 16.6 Å². The zero-order valence-electron chi connectivity index (χ0n) is 11.0. The summed E-state index contributed by atoms with van der Waals surface area (Å²) in [6.45, 7) is 0.245. The van der Waals surface area contributed by atoms with Crippen LogP contribution in [0, 0.1) is 0 Å². The SMILES string of the molecule is Nc1ccc(Cl)cc1S(=O)(=O)NCCc1cccc(Cl)c1. The van der Waals surface area contributed by atoms with Crippen molar-refractivity contribution in [1.82, 2.24) is 4.72 Å². The minimum Gasteiger partial charge on any atom is -0.398 e. The number of hydrogen-bond acceptors (Lipinski definition) is 3. The molecule has 2 rings (SSSR count). The van der Waals surface area contributed by atoms with Crippen LogP contribution in [0.2, 0.25) is 10.0 Å². The highest BCUT2D eigenvalue weighted by Gasteiger charge is 2.17. The molecule has 0 radical (unpaired) electrons. The molecule has 0 aliphatic heterocycles. The van der Waals surface area contributed by atoms with Gasteiger partial charge in [0.25, 0.3) is 0 Å².